The summed E-state index contributed by atoms with van der Waals surface area (Å²) in [6.07, 6.45) is 0.845. The number of benzene rings is 3. The minimum atomic E-state index is -0.441. The van der Waals surface area contributed by atoms with E-state index in [1.807, 2.05) is 24.3 Å². The predicted octanol–water partition coefficient (Wildman–Crippen LogP) is 6.24. The Morgan fingerprint density at radius 3 is 2.29 bits per heavy atom. The standard InChI is InChI=1S/C31H24N4O3S2.ClH/c36-26(18-35-30(37)20-10-4-5-11-21(20)31(35)38)33-29-27(28-32-23-12-6-7-13-24(23)39-28)22-14-15-34(17-25(22)40-29)16-19-8-2-1-3-9-19;/h1-13H,14-18H2,(H,33,36);1H. The third-order valence-corrected chi connectivity index (χ3v) is 9.51. The molecule has 2 aliphatic heterocycles. The van der Waals surface area contributed by atoms with Gasteiger partial charge >= 0.3 is 0 Å². The Kier molecular flexibility index (Phi) is 7.44. The number of carbonyl (C=O) groups is 3. The van der Waals surface area contributed by atoms with Crippen molar-refractivity contribution in [3.63, 3.8) is 0 Å². The fourth-order valence-corrected chi connectivity index (χ4v) is 7.84. The van der Waals surface area contributed by atoms with Crippen molar-refractivity contribution < 1.29 is 14.4 Å². The lowest BCUT2D eigenvalue weighted by molar-refractivity contribution is -0.116. The van der Waals surface area contributed by atoms with Crippen LogP contribution in [0.5, 0.6) is 0 Å². The van der Waals surface area contributed by atoms with E-state index >= 15 is 0 Å². The molecule has 0 bridgehead atoms. The van der Waals surface area contributed by atoms with Gasteiger partial charge in [-0.3, -0.25) is 24.2 Å². The van der Waals surface area contributed by atoms with Crippen molar-refractivity contribution in [2.75, 3.05) is 18.4 Å². The minimum Gasteiger partial charge on any atom is -0.316 e. The number of hydrogen-bond donors (Lipinski definition) is 1. The van der Waals surface area contributed by atoms with Gasteiger partial charge in [-0.15, -0.1) is 35.1 Å². The fraction of sp³-hybridized carbons (Fsp3) is 0.161. The van der Waals surface area contributed by atoms with Gasteiger partial charge in [0.25, 0.3) is 11.8 Å². The maximum absolute atomic E-state index is 13.3. The van der Waals surface area contributed by atoms with Crippen molar-refractivity contribution >= 4 is 68.0 Å². The van der Waals surface area contributed by atoms with Gasteiger partial charge in [0.2, 0.25) is 5.91 Å². The van der Waals surface area contributed by atoms with Crippen LogP contribution in [0.3, 0.4) is 0 Å². The van der Waals surface area contributed by atoms with Gasteiger partial charge in [-0.25, -0.2) is 4.98 Å². The van der Waals surface area contributed by atoms with Crippen LogP contribution in [0.25, 0.3) is 20.8 Å². The lowest BCUT2D eigenvalue weighted by Gasteiger charge is -2.27. The van der Waals surface area contributed by atoms with Gasteiger partial charge in [-0.1, -0.05) is 54.6 Å². The van der Waals surface area contributed by atoms with E-state index in [9.17, 15) is 14.4 Å². The van der Waals surface area contributed by atoms with E-state index < -0.39 is 17.7 Å². The second-order valence-corrected chi connectivity index (χ2v) is 12.1. The molecule has 10 heteroatoms. The molecule has 206 valence electrons. The summed E-state index contributed by atoms with van der Waals surface area (Å²) in [7, 11) is 0. The highest BCUT2D eigenvalue weighted by molar-refractivity contribution is 7.23. The molecule has 0 spiro atoms. The highest BCUT2D eigenvalue weighted by atomic mass is 35.5. The van der Waals surface area contributed by atoms with Gasteiger partial charge in [0.05, 0.1) is 21.3 Å². The Morgan fingerprint density at radius 2 is 1.56 bits per heavy atom. The van der Waals surface area contributed by atoms with E-state index in [1.165, 1.54) is 16.0 Å². The number of halogens is 1. The van der Waals surface area contributed by atoms with Crippen molar-refractivity contribution in [2.45, 2.75) is 19.5 Å². The summed E-state index contributed by atoms with van der Waals surface area (Å²) < 4.78 is 1.09. The zero-order valence-electron chi connectivity index (χ0n) is 21.8. The number of thiazole rings is 1. The number of fused-ring (bicyclic) bond motifs is 3. The van der Waals surface area contributed by atoms with Crippen LogP contribution in [-0.4, -0.2) is 45.6 Å². The average Bonchev–Trinajstić information content (AvgIpc) is 3.62. The lowest BCUT2D eigenvalue weighted by Crippen LogP contribution is -2.37. The van der Waals surface area contributed by atoms with E-state index in [0.29, 0.717) is 16.1 Å². The minimum absolute atomic E-state index is 0. The molecule has 7 rings (SSSR count). The Morgan fingerprint density at radius 1 is 0.878 bits per heavy atom. The van der Waals surface area contributed by atoms with Gasteiger partial charge in [-0.2, -0.15) is 0 Å². The van der Waals surface area contributed by atoms with Gasteiger partial charge in [0.15, 0.2) is 0 Å². The number of carbonyl (C=O) groups excluding carboxylic acids is 3. The first kappa shape index (κ1) is 27.3. The molecule has 3 aromatic carbocycles. The van der Waals surface area contributed by atoms with Gasteiger partial charge in [0.1, 0.15) is 16.6 Å². The largest absolute Gasteiger partial charge is 0.316 e. The van der Waals surface area contributed by atoms with Crippen LogP contribution in [0.15, 0.2) is 78.9 Å². The van der Waals surface area contributed by atoms with E-state index in [1.54, 1.807) is 46.9 Å². The molecule has 0 radical (unpaired) electrons. The molecule has 5 aromatic rings. The van der Waals surface area contributed by atoms with Gasteiger partial charge in [-0.05, 0) is 41.8 Å². The first-order valence-electron chi connectivity index (χ1n) is 13.1. The number of aromatic nitrogens is 1. The Labute approximate surface area is 250 Å². The molecular formula is C31H25ClN4O3S2. The molecule has 0 fully saturated rings. The van der Waals surface area contributed by atoms with Crippen LogP contribution in [0, 0.1) is 0 Å². The van der Waals surface area contributed by atoms with Crippen LogP contribution < -0.4 is 5.32 Å². The monoisotopic (exact) mass is 600 g/mol. The summed E-state index contributed by atoms with van der Waals surface area (Å²) in [5, 5.41) is 4.63. The molecule has 0 atom stereocenters. The summed E-state index contributed by atoms with van der Waals surface area (Å²) in [5.41, 5.74) is 5.03. The smallest absolute Gasteiger partial charge is 0.262 e. The average molecular weight is 601 g/mol. The number of rotatable bonds is 6. The molecule has 41 heavy (non-hydrogen) atoms. The summed E-state index contributed by atoms with van der Waals surface area (Å²) >= 11 is 3.17. The normalized spacial score (nSPS) is 14.6. The maximum Gasteiger partial charge on any atom is 0.262 e. The second-order valence-electron chi connectivity index (χ2n) is 9.93. The fourth-order valence-electron chi connectivity index (χ4n) is 5.42. The third kappa shape index (κ3) is 5.06. The Balaban J connectivity index is 0.00000302. The maximum atomic E-state index is 13.3. The zero-order chi connectivity index (χ0) is 27.2. The number of nitrogens with one attached hydrogen (secondary N) is 1. The number of imide groups is 1. The van der Waals surface area contributed by atoms with E-state index in [4.69, 9.17) is 4.98 Å². The number of hydrogen-bond acceptors (Lipinski definition) is 7. The van der Waals surface area contributed by atoms with Crippen LogP contribution in [0.1, 0.15) is 36.7 Å². The third-order valence-electron chi connectivity index (χ3n) is 7.33. The summed E-state index contributed by atoms with van der Waals surface area (Å²) in [6, 6.07) is 25.1. The quantitative estimate of drug-likeness (QED) is 0.233. The molecule has 0 aliphatic carbocycles. The molecule has 3 amide bonds. The van der Waals surface area contributed by atoms with Crippen LogP contribution >= 0.6 is 35.1 Å². The van der Waals surface area contributed by atoms with Crippen LogP contribution in [-0.2, 0) is 24.3 Å². The molecule has 0 unspecified atom stereocenters. The molecule has 4 heterocycles. The van der Waals surface area contributed by atoms with E-state index in [2.05, 4.69) is 40.5 Å². The van der Waals surface area contributed by atoms with Crippen LogP contribution in [0.4, 0.5) is 5.00 Å². The van der Waals surface area contributed by atoms with Crippen molar-refractivity contribution in [3.8, 4) is 10.6 Å². The molecule has 2 aromatic heterocycles. The van der Waals surface area contributed by atoms with Crippen molar-refractivity contribution in [1.82, 2.24) is 14.8 Å². The van der Waals surface area contributed by atoms with E-state index in [-0.39, 0.29) is 19.0 Å². The molecule has 7 nitrogen and oxygen atoms in total. The zero-order valence-corrected chi connectivity index (χ0v) is 24.3. The number of para-hydroxylation sites is 1. The topological polar surface area (TPSA) is 82.6 Å². The first-order chi connectivity index (χ1) is 19.5. The number of thiophene rings is 1. The number of nitrogens with zero attached hydrogens (tertiary/aromatic N) is 3. The molecule has 1 N–H and O–H groups in total. The van der Waals surface area contributed by atoms with Crippen molar-refractivity contribution in [1.29, 1.82) is 0 Å². The van der Waals surface area contributed by atoms with Gasteiger partial charge < -0.3 is 5.32 Å². The summed E-state index contributed by atoms with van der Waals surface area (Å²) in [5.74, 6) is -1.29. The van der Waals surface area contributed by atoms with Gasteiger partial charge in [0, 0.05) is 30.1 Å². The number of anilines is 1. The predicted molar refractivity (Wildman–Crippen MR) is 165 cm³/mol. The van der Waals surface area contributed by atoms with Crippen molar-refractivity contribution in [3.05, 3.63) is 106 Å². The highest BCUT2D eigenvalue weighted by Gasteiger charge is 2.36. The molecule has 0 saturated carbocycles. The molecule has 2 aliphatic rings. The SMILES string of the molecule is Cl.O=C(CN1C(=O)c2ccccc2C1=O)Nc1sc2c(c1-c1nc3ccccc3s1)CCN(Cc1ccccc1)C2. The lowest BCUT2D eigenvalue weighted by atomic mass is 10.0. The van der Waals surface area contributed by atoms with Crippen LogP contribution in [0.2, 0.25) is 0 Å². The Hall–Kier alpha value is -3.89. The number of amides is 3. The molecular weight excluding hydrogens is 576 g/mol. The molecule has 0 saturated heterocycles. The second kappa shape index (κ2) is 11.2. The van der Waals surface area contributed by atoms with Crippen molar-refractivity contribution in [2.24, 2.45) is 0 Å². The Bertz CT molecular complexity index is 1730. The summed E-state index contributed by atoms with van der Waals surface area (Å²) in [4.78, 5) is 48.5. The first-order valence-corrected chi connectivity index (χ1v) is 14.7. The summed E-state index contributed by atoms with van der Waals surface area (Å²) in [6.45, 7) is 2.20. The van der Waals surface area contributed by atoms with E-state index in [0.717, 1.165) is 51.7 Å². The highest BCUT2D eigenvalue weighted by Crippen LogP contribution is 2.46.